The van der Waals surface area contributed by atoms with Crippen LogP contribution in [-0.4, -0.2) is 12.6 Å². The number of carbonyl (C=O) groups excluding carboxylic acids is 1. The normalized spacial score (nSPS) is 12.0. The Kier molecular flexibility index (Phi) is 4.23. The van der Waals surface area contributed by atoms with Gasteiger partial charge in [-0.15, -0.1) is 0 Å². The van der Waals surface area contributed by atoms with Gasteiger partial charge in [0, 0.05) is 0 Å². The fourth-order valence-electron chi connectivity index (χ4n) is 1.46. The summed E-state index contributed by atoms with van der Waals surface area (Å²) in [7, 11) is 0. The molecule has 0 spiro atoms. The molecule has 0 heterocycles. The fourth-order valence-corrected chi connectivity index (χ4v) is 1.46. The van der Waals surface area contributed by atoms with E-state index in [9.17, 15) is 9.18 Å². The monoisotopic (exact) mass is 222 g/mol. The molecule has 0 saturated heterocycles. The molecule has 2 nitrogen and oxygen atoms in total. The lowest BCUT2D eigenvalue weighted by Gasteiger charge is -2.07. The predicted molar refractivity (Wildman–Crippen MR) is 61.5 cm³/mol. The van der Waals surface area contributed by atoms with Crippen LogP contribution < -0.4 is 0 Å². The molecule has 0 saturated carbocycles. The summed E-state index contributed by atoms with van der Waals surface area (Å²) in [5.41, 5.74) is 1.98. The van der Waals surface area contributed by atoms with Crippen molar-refractivity contribution in [2.24, 2.45) is 0 Å². The van der Waals surface area contributed by atoms with Gasteiger partial charge in [0.2, 0.25) is 5.83 Å². The van der Waals surface area contributed by atoms with Crippen LogP contribution in [0.5, 0.6) is 0 Å². The van der Waals surface area contributed by atoms with Crippen LogP contribution in [-0.2, 0) is 9.53 Å². The van der Waals surface area contributed by atoms with Gasteiger partial charge in [-0.1, -0.05) is 24.3 Å². The van der Waals surface area contributed by atoms with Crippen molar-refractivity contribution in [3.8, 4) is 0 Å². The molecule has 0 aliphatic rings. The summed E-state index contributed by atoms with van der Waals surface area (Å²) in [6, 6.07) is 7.33. The summed E-state index contributed by atoms with van der Waals surface area (Å²) in [4.78, 5) is 11.2. The van der Waals surface area contributed by atoms with Crippen LogP contribution in [0, 0.1) is 6.92 Å². The number of hydrogen-bond donors (Lipinski definition) is 0. The highest BCUT2D eigenvalue weighted by atomic mass is 19.1. The number of rotatable bonds is 3. The first-order valence-electron chi connectivity index (χ1n) is 5.17. The van der Waals surface area contributed by atoms with Gasteiger partial charge in [0.15, 0.2) is 0 Å². The number of hydrogen-bond acceptors (Lipinski definition) is 2. The molecule has 1 aromatic rings. The van der Waals surface area contributed by atoms with Crippen molar-refractivity contribution in [3.63, 3.8) is 0 Å². The largest absolute Gasteiger partial charge is 0.461 e. The van der Waals surface area contributed by atoms with E-state index in [-0.39, 0.29) is 6.61 Å². The Balaban J connectivity index is 3.09. The number of allylic oxidation sites excluding steroid dienone is 1. The van der Waals surface area contributed by atoms with Crippen molar-refractivity contribution in [3.05, 3.63) is 41.2 Å². The average molecular weight is 222 g/mol. The maximum Gasteiger partial charge on any atom is 0.367 e. The maximum absolute atomic E-state index is 13.6. The molecular formula is C13H15FO2. The number of carbonyl (C=O) groups is 1. The molecule has 3 heteroatoms. The van der Waals surface area contributed by atoms with Crippen LogP contribution in [0.25, 0.3) is 5.57 Å². The standard InChI is InChI=1S/C13H15FO2/c1-4-16-13(15)12(14)10(3)11-8-6-5-7-9(11)2/h5-8H,4H2,1-3H3/b12-10-. The SMILES string of the molecule is CCOC(=O)/C(F)=C(\C)c1ccccc1C. The third kappa shape index (κ3) is 2.69. The smallest absolute Gasteiger partial charge is 0.367 e. The van der Waals surface area contributed by atoms with Crippen molar-refractivity contribution in [1.29, 1.82) is 0 Å². The van der Waals surface area contributed by atoms with Crippen molar-refractivity contribution in [2.45, 2.75) is 20.8 Å². The highest BCUT2D eigenvalue weighted by Crippen LogP contribution is 2.22. The Bertz CT molecular complexity index is 422. The molecule has 0 unspecified atom stereocenters. The molecule has 1 aromatic carbocycles. The van der Waals surface area contributed by atoms with Gasteiger partial charge in [0.25, 0.3) is 0 Å². The Morgan fingerprint density at radius 3 is 2.56 bits per heavy atom. The average Bonchev–Trinajstić information content (AvgIpc) is 2.28. The van der Waals surface area contributed by atoms with E-state index >= 15 is 0 Å². The summed E-state index contributed by atoms with van der Waals surface area (Å²) in [5, 5.41) is 0. The minimum absolute atomic E-state index is 0.174. The second kappa shape index (κ2) is 5.45. The van der Waals surface area contributed by atoms with Crippen LogP contribution in [0.1, 0.15) is 25.0 Å². The lowest BCUT2D eigenvalue weighted by molar-refractivity contribution is -0.140. The third-order valence-corrected chi connectivity index (χ3v) is 2.33. The number of halogens is 1. The first-order valence-corrected chi connectivity index (χ1v) is 5.17. The zero-order valence-corrected chi connectivity index (χ0v) is 9.71. The first kappa shape index (κ1) is 12.4. The van der Waals surface area contributed by atoms with E-state index < -0.39 is 11.8 Å². The minimum atomic E-state index is -0.900. The molecule has 0 radical (unpaired) electrons. The molecule has 16 heavy (non-hydrogen) atoms. The van der Waals surface area contributed by atoms with Crippen LogP contribution in [0.4, 0.5) is 4.39 Å². The van der Waals surface area contributed by atoms with Gasteiger partial charge in [-0.2, -0.15) is 4.39 Å². The Morgan fingerprint density at radius 2 is 2.00 bits per heavy atom. The van der Waals surface area contributed by atoms with Crippen molar-refractivity contribution in [1.82, 2.24) is 0 Å². The van der Waals surface area contributed by atoms with Crippen molar-refractivity contribution >= 4 is 11.5 Å². The van der Waals surface area contributed by atoms with E-state index in [4.69, 9.17) is 0 Å². The van der Waals surface area contributed by atoms with Crippen molar-refractivity contribution in [2.75, 3.05) is 6.61 Å². The molecule has 86 valence electrons. The van der Waals surface area contributed by atoms with Crippen LogP contribution in [0.2, 0.25) is 0 Å². The van der Waals surface area contributed by atoms with Gasteiger partial charge in [0.1, 0.15) is 0 Å². The van der Waals surface area contributed by atoms with E-state index in [0.717, 1.165) is 11.1 Å². The van der Waals surface area contributed by atoms with Gasteiger partial charge >= 0.3 is 5.97 Å². The number of ether oxygens (including phenoxy) is 1. The molecule has 1 rings (SSSR count). The summed E-state index contributed by atoms with van der Waals surface area (Å²) >= 11 is 0. The Labute approximate surface area is 94.7 Å². The van der Waals surface area contributed by atoms with Gasteiger partial charge in [0.05, 0.1) is 6.61 Å². The van der Waals surface area contributed by atoms with Gasteiger partial charge in [-0.3, -0.25) is 0 Å². The summed E-state index contributed by atoms with van der Waals surface area (Å²) in [6.07, 6.45) is 0. The quantitative estimate of drug-likeness (QED) is 0.579. The van der Waals surface area contributed by atoms with Gasteiger partial charge in [-0.25, -0.2) is 4.79 Å². The first-order chi connectivity index (χ1) is 7.57. The van der Waals surface area contributed by atoms with E-state index in [1.165, 1.54) is 0 Å². The lowest BCUT2D eigenvalue weighted by Crippen LogP contribution is -2.06. The van der Waals surface area contributed by atoms with E-state index in [2.05, 4.69) is 4.74 Å². The summed E-state index contributed by atoms with van der Waals surface area (Å²) in [6.45, 7) is 5.27. The lowest BCUT2D eigenvalue weighted by atomic mass is 10.0. The van der Waals surface area contributed by atoms with E-state index in [0.29, 0.717) is 5.57 Å². The number of esters is 1. The topological polar surface area (TPSA) is 26.3 Å². The van der Waals surface area contributed by atoms with Crippen LogP contribution in [0.3, 0.4) is 0 Å². The molecule has 0 atom stereocenters. The second-order valence-corrected chi connectivity index (χ2v) is 3.47. The highest BCUT2D eigenvalue weighted by Gasteiger charge is 2.15. The van der Waals surface area contributed by atoms with Gasteiger partial charge < -0.3 is 4.74 Å². The summed E-state index contributed by atoms with van der Waals surface area (Å²) in [5.74, 6) is -1.72. The molecule has 0 aliphatic heterocycles. The predicted octanol–water partition coefficient (Wildman–Crippen LogP) is 3.26. The van der Waals surface area contributed by atoms with E-state index in [1.54, 1.807) is 19.9 Å². The molecule has 0 N–H and O–H groups in total. The molecule has 0 aliphatic carbocycles. The third-order valence-electron chi connectivity index (χ3n) is 2.33. The molecule has 0 aromatic heterocycles. The zero-order chi connectivity index (χ0) is 12.1. The van der Waals surface area contributed by atoms with E-state index in [1.807, 2.05) is 25.1 Å². The molecule has 0 amide bonds. The number of aryl methyl sites for hydroxylation is 1. The zero-order valence-electron chi connectivity index (χ0n) is 9.71. The fraction of sp³-hybridized carbons (Fsp3) is 0.308. The minimum Gasteiger partial charge on any atom is -0.461 e. The second-order valence-electron chi connectivity index (χ2n) is 3.47. The highest BCUT2D eigenvalue weighted by molar-refractivity contribution is 5.95. The van der Waals surface area contributed by atoms with Crippen molar-refractivity contribution < 1.29 is 13.9 Å². The maximum atomic E-state index is 13.6. The van der Waals surface area contributed by atoms with Crippen LogP contribution >= 0.6 is 0 Å². The number of benzene rings is 1. The summed E-state index contributed by atoms with van der Waals surface area (Å²) < 4.78 is 18.3. The van der Waals surface area contributed by atoms with Crippen LogP contribution in [0.15, 0.2) is 30.1 Å². The Hall–Kier alpha value is -1.64. The van der Waals surface area contributed by atoms with Gasteiger partial charge in [-0.05, 0) is 37.5 Å². The molecule has 0 fully saturated rings. The molecular weight excluding hydrogens is 207 g/mol. The molecule has 0 bridgehead atoms. The Morgan fingerprint density at radius 1 is 1.38 bits per heavy atom.